The van der Waals surface area contributed by atoms with Gasteiger partial charge in [-0.15, -0.1) is 0 Å². The van der Waals surface area contributed by atoms with Crippen molar-refractivity contribution < 1.29 is 4.52 Å². The van der Waals surface area contributed by atoms with Crippen LogP contribution >= 0.6 is 0 Å². The van der Waals surface area contributed by atoms with Crippen LogP contribution in [0.15, 0.2) is 27.8 Å². The molecule has 0 bridgehead atoms. The van der Waals surface area contributed by atoms with Crippen LogP contribution < -0.4 is 10.7 Å². The molecule has 2 aromatic rings. The summed E-state index contributed by atoms with van der Waals surface area (Å²) in [7, 11) is 0. The average Bonchev–Trinajstić information content (AvgIpc) is 2.90. The molecule has 3 heterocycles. The number of piperidine rings is 1. The molecular formula is C12H14N4O2. The van der Waals surface area contributed by atoms with Crippen molar-refractivity contribution in [2.45, 2.75) is 18.8 Å². The van der Waals surface area contributed by atoms with Crippen LogP contribution in [0.3, 0.4) is 0 Å². The van der Waals surface area contributed by atoms with Gasteiger partial charge in [0.05, 0.1) is 0 Å². The Hall–Kier alpha value is -1.95. The van der Waals surface area contributed by atoms with Crippen molar-refractivity contribution in [3.63, 3.8) is 0 Å². The Kier molecular flexibility index (Phi) is 2.93. The summed E-state index contributed by atoms with van der Waals surface area (Å²) in [4.78, 5) is 18.8. The number of nitrogens with zero attached hydrogens (tertiary/aromatic N) is 2. The number of hydrogen-bond donors (Lipinski definition) is 2. The molecule has 0 amide bonds. The molecule has 0 aromatic carbocycles. The predicted molar refractivity (Wildman–Crippen MR) is 65.2 cm³/mol. The monoisotopic (exact) mass is 246 g/mol. The van der Waals surface area contributed by atoms with Gasteiger partial charge in [-0.25, -0.2) is 0 Å². The number of aromatic nitrogens is 3. The van der Waals surface area contributed by atoms with Gasteiger partial charge in [0.1, 0.15) is 5.56 Å². The molecule has 1 unspecified atom stereocenters. The van der Waals surface area contributed by atoms with Gasteiger partial charge in [0.15, 0.2) is 11.3 Å². The Balaban J connectivity index is 1.89. The molecule has 18 heavy (non-hydrogen) atoms. The van der Waals surface area contributed by atoms with Crippen molar-refractivity contribution in [3.05, 3.63) is 34.5 Å². The summed E-state index contributed by atoms with van der Waals surface area (Å²) >= 11 is 0. The first-order valence-corrected chi connectivity index (χ1v) is 6.06. The van der Waals surface area contributed by atoms with Crippen molar-refractivity contribution in [2.75, 3.05) is 13.1 Å². The van der Waals surface area contributed by atoms with E-state index in [0.717, 1.165) is 25.9 Å². The molecule has 1 atom stereocenters. The highest BCUT2D eigenvalue weighted by Gasteiger charge is 2.21. The van der Waals surface area contributed by atoms with E-state index >= 15 is 0 Å². The lowest BCUT2D eigenvalue weighted by Gasteiger charge is -2.19. The molecule has 1 fully saturated rings. The van der Waals surface area contributed by atoms with E-state index in [2.05, 4.69) is 20.4 Å². The van der Waals surface area contributed by atoms with Crippen molar-refractivity contribution >= 4 is 0 Å². The third-order valence-corrected chi connectivity index (χ3v) is 3.16. The first-order valence-electron chi connectivity index (χ1n) is 6.06. The highest BCUT2D eigenvalue weighted by Crippen LogP contribution is 2.22. The molecule has 2 N–H and O–H groups in total. The molecule has 1 aliphatic heterocycles. The second-order valence-electron chi connectivity index (χ2n) is 4.42. The Labute approximate surface area is 103 Å². The molecule has 1 aliphatic rings. The van der Waals surface area contributed by atoms with E-state index < -0.39 is 0 Å². The first kappa shape index (κ1) is 11.2. The van der Waals surface area contributed by atoms with E-state index in [0.29, 0.717) is 11.4 Å². The highest BCUT2D eigenvalue weighted by molar-refractivity contribution is 5.50. The lowest BCUT2D eigenvalue weighted by molar-refractivity contribution is 0.393. The lowest BCUT2D eigenvalue weighted by atomic mass is 9.99. The standard InChI is InChI=1S/C12H14N4O2/c17-10-3-5-14-7-9(10)12-15-11(16-18-12)8-2-1-4-13-6-8/h3,5,7-8,13H,1-2,4,6H2,(H,14,17). The van der Waals surface area contributed by atoms with Gasteiger partial charge in [-0.3, -0.25) is 4.79 Å². The van der Waals surface area contributed by atoms with Crippen molar-refractivity contribution in [1.29, 1.82) is 0 Å². The summed E-state index contributed by atoms with van der Waals surface area (Å²) in [5.74, 6) is 1.25. The summed E-state index contributed by atoms with van der Waals surface area (Å²) in [6.07, 6.45) is 5.32. The van der Waals surface area contributed by atoms with Gasteiger partial charge >= 0.3 is 0 Å². The molecule has 94 valence electrons. The molecule has 1 saturated heterocycles. The van der Waals surface area contributed by atoms with Gasteiger partial charge in [0, 0.05) is 30.9 Å². The van der Waals surface area contributed by atoms with Crippen molar-refractivity contribution in [2.24, 2.45) is 0 Å². The van der Waals surface area contributed by atoms with Crippen molar-refractivity contribution in [3.8, 4) is 11.5 Å². The molecular weight excluding hydrogens is 232 g/mol. The van der Waals surface area contributed by atoms with Gasteiger partial charge in [0.2, 0.25) is 0 Å². The molecule has 6 nitrogen and oxygen atoms in total. The Morgan fingerprint density at radius 2 is 2.39 bits per heavy atom. The van der Waals surface area contributed by atoms with E-state index in [4.69, 9.17) is 4.52 Å². The van der Waals surface area contributed by atoms with Gasteiger partial charge in [-0.05, 0) is 19.4 Å². The van der Waals surface area contributed by atoms with Crippen LogP contribution in [0, 0.1) is 0 Å². The molecule has 0 radical (unpaired) electrons. The quantitative estimate of drug-likeness (QED) is 0.822. The smallest absolute Gasteiger partial charge is 0.263 e. The maximum atomic E-state index is 11.6. The van der Waals surface area contributed by atoms with Gasteiger partial charge < -0.3 is 14.8 Å². The van der Waals surface area contributed by atoms with E-state index in [-0.39, 0.29) is 17.2 Å². The van der Waals surface area contributed by atoms with Crippen LogP contribution in [0.2, 0.25) is 0 Å². The van der Waals surface area contributed by atoms with E-state index in [1.54, 1.807) is 12.4 Å². The molecule has 0 aliphatic carbocycles. The molecule has 0 saturated carbocycles. The summed E-state index contributed by atoms with van der Waals surface area (Å²) in [5.41, 5.74) is 0.297. The van der Waals surface area contributed by atoms with Crippen LogP contribution in [-0.4, -0.2) is 28.2 Å². The highest BCUT2D eigenvalue weighted by atomic mass is 16.5. The van der Waals surface area contributed by atoms with Gasteiger partial charge in [0.25, 0.3) is 5.89 Å². The van der Waals surface area contributed by atoms with Crippen LogP contribution in [0.25, 0.3) is 11.5 Å². The zero-order chi connectivity index (χ0) is 12.4. The molecule has 0 spiro atoms. The topological polar surface area (TPSA) is 83.8 Å². The van der Waals surface area contributed by atoms with Crippen LogP contribution in [-0.2, 0) is 0 Å². The average molecular weight is 246 g/mol. The lowest BCUT2D eigenvalue weighted by Crippen LogP contribution is -2.28. The Bertz CT molecular complexity index is 584. The van der Waals surface area contributed by atoms with E-state index in [9.17, 15) is 4.79 Å². The third kappa shape index (κ3) is 2.06. The Morgan fingerprint density at radius 3 is 3.17 bits per heavy atom. The van der Waals surface area contributed by atoms with Gasteiger partial charge in [-0.2, -0.15) is 4.98 Å². The number of H-pyrrole nitrogens is 1. The SMILES string of the molecule is O=c1cc[nH]cc1-c1nc(C2CCCNC2)no1. The zero-order valence-corrected chi connectivity index (χ0v) is 9.85. The molecule has 6 heteroatoms. The summed E-state index contributed by atoms with van der Waals surface area (Å²) in [6, 6.07) is 1.45. The minimum absolute atomic E-state index is 0.120. The summed E-state index contributed by atoms with van der Waals surface area (Å²) < 4.78 is 5.18. The predicted octanol–water partition coefficient (Wildman–Crippen LogP) is 0.892. The summed E-state index contributed by atoms with van der Waals surface area (Å²) in [5, 5.41) is 7.28. The fourth-order valence-electron chi connectivity index (χ4n) is 2.17. The fraction of sp³-hybridized carbons (Fsp3) is 0.417. The zero-order valence-electron chi connectivity index (χ0n) is 9.85. The van der Waals surface area contributed by atoms with Crippen LogP contribution in [0.5, 0.6) is 0 Å². The second kappa shape index (κ2) is 4.73. The number of pyridine rings is 1. The fourth-order valence-corrected chi connectivity index (χ4v) is 2.17. The minimum atomic E-state index is -0.120. The largest absolute Gasteiger partial charge is 0.367 e. The maximum Gasteiger partial charge on any atom is 0.263 e. The van der Waals surface area contributed by atoms with Crippen LogP contribution in [0.1, 0.15) is 24.6 Å². The first-order chi connectivity index (χ1) is 8.84. The van der Waals surface area contributed by atoms with Gasteiger partial charge in [-0.1, -0.05) is 5.16 Å². The van der Waals surface area contributed by atoms with Crippen LogP contribution in [0.4, 0.5) is 0 Å². The summed E-state index contributed by atoms with van der Waals surface area (Å²) in [6.45, 7) is 1.91. The maximum absolute atomic E-state index is 11.6. The number of rotatable bonds is 2. The normalized spacial score (nSPS) is 19.9. The molecule has 2 aromatic heterocycles. The van der Waals surface area contributed by atoms with E-state index in [1.165, 1.54) is 6.07 Å². The number of aromatic amines is 1. The second-order valence-corrected chi connectivity index (χ2v) is 4.42. The number of nitrogens with one attached hydrogen (secondary N) is 2. The Morgan fingerprint density at radius 1 is 1.44 bits per heavy atom. The van der Waals surface area contributed by atoms with Crippen molar-refractivity contribution in [1.82, 2.24) is 20.4 Å². The molecule has 3 rings (SSSR count). The minimum Gasteiger partial charge on any atom is -0.367 e. The van der Waals surface area contributed by atoms with E-state index in [1.807, 2.05) is 0 Å². The number of hydrogen-bond acceptors (Lipinski definition) is 5. The third-order valence-electron chi connectivity index (χ3n) is 3.16.